The number of nitrogens with zero attached hydrogens (tertiary/aromatic N) is 1. The molecule has 1 heterocycles. The van der Waals surface area contributed by atoms with E-state index in [1.54, 1.807) is 7.11 Å². The zero-order valence-corrected chi connectivity index (χ0v) is 9.12. The molecule has 82 valence electrons. The van der Waals surface area contributed by atoms with Gasteiger partial charge in [-0.25, -0.2) is 5.14 Å². The summed E-state index contributed by atoms with van der Waals surface area (Å²) < 4.78 is 28.7. The van der Waals surface area contributed by atoms with Crippen molar-refractivity contribution in [3.8, 4) is 5.75 Å². The lowest BCUT2D eigenvalue weighted by atomic mass is 10.1. The van der Waals surface area contributed by atoms with E-state index >= 15 is 0 Å². The number of hydrogen-bond donors (Lipinski definition) is 1. The maximum absolute atomic E-state index is 11.2. The average molecular weight is 228 g/mol. The first-order valence-corrected chi connectivity index (χ1v) is 5.95. The first kappa shape index (κ1) is 10.4. The topological polar surface area (TPSA) is 72.6 Å². The molecule has 0 spiro atoms. The Balaban J connectivity index is 2.39. The summed E-state index contributed by atoms with van der Waals surface area (Å²) in [6.07, 6.45) is 0. The van der Waals surface area contributed by atoms with Crippen molar-refractivity contribution in [2.75, 3.05) is 7.11 Å². The molecule has 6 heteroatoms. The lowest BCUT2D eigenvalue weighted by molar-refractivity contribution is 0.399. The third-order valence-electron chi connectivity index (χ3n) is 2.49. The van der Waals surface area contributed by atoms with Gasteiger partial charge < -0.3 is 4.74 Å². The fourth-order valence-corrected chi connectivity index (χ4v) is 2.36. The molecule has 0 bridgehead atoms. The molecule has 0 radical (unpaired) electrons. The van der Waals surface area contributed by atoms with Crippen molar-refractivity contribution in [1.29, 1.82) is 0 Å². The molecule has 1 aromatic rings. The van der Waals surface area contributed by atoms with Crippen LogP contribution in [0.2, 0.25) is 0 Å². The van der Waals surface area contributed by atoms with E-state index < -0.39 is 10.2 Å². The molecule has 0 amide bonds. The molecule has 1 aliphatic rings. The number of ether oxygens (including phenoxy) is 1. The van der Waals surface area contributed by atoms with Crippen LogP contribution in [-0.4, -0.2) is 19.8 Å². The monoisotopic (exact) mass is 228 g/mol. The van der Waals surface area contributed by atoms with Crippen molar-refractivity contribution in [3.05, 3.63) is 29.3 Å². The Morgan fingerprint density at radius 1 is 1.40 bits per heavy atom. The highest BCUT2D eigenvalue weighted by molar-refractivity contribution is 7.86. The Bertz CT molecular complexity index is 484. The van der Waals surface area contributed by atoms with E-state index in [2.05, 4.69) is 0 Å². The smallest absolute Gasteiger partial charge is 0.277 e. The van der Waals surface area contributed by atoms with Crippen LogP contribution in [0.5, 0.6) is 5.75 Å². The van der Waals surface area contributed by atoms with Crippen LogP contribution in [0.4, 0.5) is 0 Å². The van der Waals surface area contributed by atoms with E-state index in [4.69, 9.17) is 9.88 Å². The normalized spacial score (nSPS) is 16.4. The summed E-state index contributed by atoms with van der Waals surface area (Å²) in [5, 5.41) is 5.07. The summed E-state index contributed by atoms with van der Waals surface area (Å²) in [6, 6.07) is 5.53. The minimum Gasteiger partial charge on any atom is -0.496 e. The number of hydrogen-bond acceptors (Lipinski definition) is 3. The van der Waals surface area contributed by atoms with Gasteiger partial charge in [0.15, 0.2) is 0 Å². The van der Waals surface area contributed by atoms with Crippen molar-refractivity contribution in [3.63, 3.8) is 0 Å². The van der Waals surface area contributed by atoms with E-state index in [0.717, 1.165) is 11.1 Å². The molecular weight excluding hydrogens is 216 g/mol. The summed E-state index contributed by atoms with van der Waals surface area (Å²) in [5.41, 5.74) is 1.84. The van der Waals surface area contributed by atoms with Gasteiger partial charge in [-0.1, -0.05) is 12.1 Å². The summed E-state index contributed by atoms with van der Waals surface area (Å²) >= 11 is 0. The van der Waals surface area contributed by atoms with Crippen molar-refractivity contribution in [1.82, 2.24) is 4.31 Å². The Kier molecular flexibility index (Phi) is 2.41. The van der Waals surface area contributed by atoms with E-state index in [-0.39, 0.29) is 6.54 Å². The second-order valence-electron chi connectivity index (χ2n) is 3.41. The van der Waals surface area contributed by atoms with Gasteiger partial charge in [0, 0.05) is 18.7 Å². The fourth-order valence-electron chi connectivity index (χ4n) is 1.73. The lowest BCUT2D eigenvalue weighted by Gasteiger charge is -2.10. The minimum absolute atomic E-state index is 0.290. The van der Waals surface area contributed by atoms with Crippen LogP contribution in [0.15, 0.2) is 18.2 Å². The van der Waals surface area contributed by atoms with Crippen molar-refractivity contribution in [2.45, 2.75) is 13.1 Å². The van der Waals surface area contributed by atoms with Gasteiger partial charge in [0.1, 0.15) is 5.75 Å². The largest absolute Gasteiger partial charge is 0.496 e. The number of methoxy groups -OCH3 is 1. The zero-order valence-electron chi connectivity index (χ0n) is 8.30. The predicted octanol–water partition coefficient (Wildman–Crippen LogP) is 0.214. The van der Waals surface area contributed by atoms with Gasteiger partial charge in [0.05, 0.1) is 7.11 Å². The van der Waals surface area contributed by atoms with Crippen LogP contribution in [0.1, 0.15) is 11.1 Å². The van der Waals surface area contributed by atoms with Crippen molar-refractivity contribution < 1.29 is 13.2 Å². The molecular formula is C9H12N2O3S. The van der Waals surface area contributed by atoms with Gasteiger partial charge >= 0.3 is 0 Å². The first-order chi connectivity index (χ1) is 7.02. The maximum Gasteiger partial charge on any atom is 0.277 e. The average Bonchev–Trinajstić information content (AvgIpc) is 2.59. The SMILES string of the molecule is COc1cccc2c1CN(S(N)(=O)=O)C2. The van der Waals surface area contributed by atoms with Crippen molar-refractivity contribution >= 4 is 10.2 Å². The Labute approximate surface area is 88.6 Å². The van der Waals surface area contributed by atoms with E-state index in [1.807, 2.05) is 18.2 Å². The highest BCUT2D eigenvalue weighted by Gasteiger charge is 2.28. The minimum atomic E-state index is -3.62. The molecule has 15 heavy (non-hydrogen) atoms. The van der Waals surface area contributed by atoms with Crippen LogP contribution >= 0.6 is 0 Å². The number of nitrogens with two attached hydrogens (primary N) is 1. The molecule has 2 N–H and O–H groups in total. The van der Waals surface area contributed by atoms with E-state index in [1.165, 1.54) is 4.31 Å². The fraction of sp³-hybridized carbons (Fsp3) is 0.333. The Morgan fingerprint density at radius 3 is 2.73 bits per heavy atom. The standard InChI is InChI=1S/C9H12N2O3S/c1-14-9-4-2-3-7-5-11(6-8(7)9)15(10,12)13/h2-4H,5-6H2,1H3,(H2,10,12,13). The van der Waals surface area contributed by atoms with E-state index in [9.17, 15) is 8.42 Å². The zero-order chi connectivity index (χ0) is 11.1. The molecule has 5 nitrogen and oxygen atoms in total. The summed E-state index contributed by atoms with van der Waals surface area (Å²) in [5.74, 6) is 0.707. The van der Waals surface area contributed by atoms with Gasteiger partial charge in [0.2, 0.25) is 0 Å². The van der Waals surface area contributed by atoms with Gasteiger partial charge in [-0.15, -0.1) is 0 Å². The predicted molar refractivity (Wildman–Crippen MR) is 55.3 cm³/mol. The molecule has 1 aromatic carbocycles. The van der Waals surface area contributed by atoms with E-state index in [0.29, 0.717) is 12.3 Å². The van der Waals surface area contributed by atoms with Gasteiger partial charge in [-0.2, -0.15) is 12.7 Å². The molecule has 0 aromatic heterocycles. The third-order valence-corrected chi connectivity index (χ3v) is 3.47. The molecule has 0 unspecified atom stereocenters. The highest BCUT2D eigenvalue weighted by atomic mass is 32.2. The summed E-state index contributed by atoms with van der Waals surface area (Å²) in [4.78, 5) is 0. The van der Waals surface area contributed by atoms with Gasteiger partial charge in [0.25, 0.3) is 10.2 Å². The first-order valence-electron chi connectivity index (χ1n) is 4.45. The molecule has 0 fully saturated rings. The number of fused-ring (bicyclic) bond motifs is 1. The maximum atomic E-state index is 11.2. The van der Waals surface area contributed by atoms with Crippen LogP contribution in [-0.2, 0) is 23.3 Å². The third kappa shape index (κ3) is 1.83. The quantitative estimate of drug-likeness (QED) is 0.786. The Hall–Kier alpha value is -1.11. The second kappa shape index (κ2) is 3.48. The van der Waals surface area contributed by atoms with Crippen LogP contribution in [0.3, 0.4) is 0 Å². The molecule has 0 saturated heterocycles. The van der Waals surface area contributed by atoms with Crippen molar-refractivity contribution in [2.24, 2.45) is 5.14 Å². The van der Waals surface area contributed by atoms with Crippen LogP contribution in [0.25, 0.3) is 0 Å². The molecule has 1 aliphatic heterocycles. The van der Waals surface area contributed by atoms with Gasteiger partial charge in [-0.05, 0) is 11.6 Å². The highest BCUT2D eigenvalue weighted by Crippen LogP contribution is 2.31. The van der Waals surface area contributed by atoms with Crippen LogP contribution in [0, 0.1) is 0 Å². The Morgan fingerprint density at radius 2 is 2.13 bits per heavy atom. The summed E-state index contributed by atoms with van der Waals surface area (Å²) in [6.45, 7) is 0.615. The lowest BCUT2D eigenvalue weighted by Crippen LogP contribution is -2.32. The number of rotatable bonds is 2. The molecule has 2 rings (SSSR count). The second-order valence-corrected chi connectivity index (χ2v) is 4.96. The molecule has 0 aliphatic carbocycles. The summed E-state index contributed by atoms with van der Waals surface area (Å²) in [7, 11) is -2.05. The molecule has 0 atom stereocenters. The van der Waals surface area contributed by atoms with Gasteiger partial charge in [-0.3, -0.25) is 0 Å². The van der Waals surface area contributed by atoms with Crippen LogP contribution < -0.4 is 9.88 Å². The number of benzene rings is 1. The molecule has 0 saturated carbocycles.